The number of rotatable bonds is 7. The number of nitrogens with one attached hydrogen (secondary N) is 1. The average molecular weight is 255 g/mol. The van der Waals surface area contributed by atoms with Crippen molar-refractivity contribution in [1.29, 1.82) is 0 Å². The van der Waals surface area contributed by atoms with Crippen molar-refractivity contribution in [2.24, 2.45) is 0 Å². The summed E-state index contributed by atoms with van der Waals surface area (Å²) in [5.74, 6) is -0.902. The number of hydrogen-bond donors (Lipinski definition) is 1. The van der Waals surface area contributed by atoms with Crippen LogP contribution in [0.5, 0.6) is 0 Å². The highest BCUT2D eigenvalue weighted by Gasteiger charge is 2.16. The summed E-state index contributed by atoms with van der Waals surface area (Å²) in [4.78, 5) is 23.5. The fourth-order valence-electron chi connectivity index (χ4n) is 1.50. The Bertz CT molecular complexity index is 412. The van der Waals surface area contributed by atoms with Crippen LogP contribution in [0, 0.1) is 10.1 Å². The zero-order valence-corrected chi connectivity index (χ0v) is 10.5. The minimum atomic E-state index is -0.674. The van der Waals surface area contributed by atoms with E-state index in [4.69, 9.17) is 4.42 Å². The molecule has 1 amide bonds. The molecule has 0 aliphatic rings. The number of nitrogens with zero attached hydrogens (tertiary/aromatic N) is 2. The summed E-state index contributed by atoms with van der Waals surface area (Å²) in [6.45, 7) is 7.14. The molecule has 0 aliphatic carbocycles. The molecule has 0 aliphatic heterocycles. The SMILES string of the molecule is CCN(CC)CCNC(=O)c1ccc([N+](=O)[O-])o1. The van der Waals surface area contributed by atoms with Gasteiger partial charge in [-0.05, 0) is 19.2 Å². The molecule has 100 valence electrons. The van der Waals surface area contributed by atoms with E-state index in [2.05, 4.69) is 10.2 Å². The van der Waals surface area contributed by atoms with Gasteiger partial charge in [-0.25, -0.2) is 0 Å². The molecule has 0 spiro atoms. The molecule has 1 aromatic heterocycles. The summed E-state index contributed by atoms with van der Waals surface area (Å²) in [6.07, 6.45) is 0. The van der Waals surface area contributed by atoms with Gasteiger partial charge in [0.1, 0.15) is 4.92 Å². The summed E-state index contributed by atoms with van der Waals surface area (Å²) in [5, 5.41) is 13.0. The quantitative estimate of drug-likeness (QED) is 0.585. The Labute approximate surface area is 105 Å². The molecule has 0 saturated carbocycles. The molecule has 18 heavy (non-hydrogen) atoms. The maximum Gasteiger partial charge on any atom is 0.433 e. The van der Waals surface area contributed by atoms with Gasteiger partial charge in [-0.1, -0.05) is 13.8 Å². The summed E-state index contributed by atoms with van der Waals surface area (Å²) in [5.41, 5.74) is 0. The van der Waals surface area contributed by atoms with Crippen molar-refractivity contribution in [3.8, 4) is 0 Å². The molecule has 0 aromatic carbocycles. The number of furan rings is 1. The predicted octanol–water partition coefficient (Wildman–Crippen LogP) is 1.26. The van der Waals surface area contributed by atoms with Crippen molar-refractivity contribution in [3.63, 3.8) is 0 Å². The Kier molecular flexibility index (Phi) is 5.31. The van der Waals surface area contributed by atoms with Gasteiger partial charge in [0.25, 0.3) is 5.91 Å². The first-order valence-corrected chi connectivity index (χ1v) is 5.83. The van der Waals surface area contributed by atoms with E-state index in [0.29, 0.717) is 6.54 Å². The van der Waals surface area contributed by atoms with E-state index in [1.807, 2.05) is 13.8 Å². The Morgan fingerprint density at radius 1 is 1.44 bits per heavy atom. The molecule has 7 nitrogen and oxygen atoms in total. The normalized spacial score (nSPS) is 10.6. The molecule has 0 atom stereocenters. The van der Waals surface area contributed by atoms with Crippen molar-refractivity contribution in [1.82, 2.24) is 10.2 Å². The molecule has 0 radical (unpaired) electrons. The van der Waals surface area contributed by atoms with E-state index in [0.717, 1.165) is 19.6 Å². The van der Waals surface area contributed by atoms with E-state index in [-0.39, 0.29) is 5.76 Å². The smallest absolute Gasteiger partial charge is 0.395 e. The van der Waals surface area contributed by atoms with Gasteiger partial charge in [-0.15, -0.1) is 0 Å². The lowest BCUT2D eigenvalue weighted by atomic mass is 10.4. The number of carbonyl (C=O) groups excluding carboxylic acids is 1. The molecular weight excluding hydrogens is 238 g/mol. The average Bonchev–Trinajstić information content (AvgIpc) is 2.84. The molecule has 0 bridgehead atoms. The van der Waals surface area contributed by atoms with Gasteiger partial charge < -0.3 is 14.6 Å². The third kappa shape index (κ3) is 3.85. The number of likely N-dealkylation sites (N-methyl/N-ethyl adjacent to an activating group) is 1. The first kappa shape index (κ1) is 14.2. The monoisotopic (exact) mass is 255 g/mol. The first-order chi connectivity index (χ1) is 8.58. The van der Waals surface area contributed by atoms with Crippen LogP contribution in [-0.4, -0.2) is 41.9 Å². The van der Waals surface area contributed by atoms with Gasteiger partial charge in [0, 0.05) is 13.1 Å². The van der Waals surface area contributed by atoms with E-state index >= 15 is 0 Å². The highest BCUT2D eigenvalue weighted by Crippen LogP contribution is 2.15. The van der Waals surface area contributed by atoms with Crippen LogP contribution in [0.2, 0.25) is 0 Å². The largest absolute Gasteiger partial charge is 0.433 e. The number of nitro groups is 1. The second kappa shape index (κ2) is 6.75. The number of carbonyl (C=O) groups is 1. The summed E-state index contributed by atoms with van der Waals surface area (Å²) >= 11 is 0. The Morgan fingerprint density at radius 3 is 2.61 bits per heavy atom. The molecule has 0 saturated heterocycles. The van der Waals surface area contributed by atoms with Gasteiger partial charge in [-0.2, -0.15) is 0 Å². The van der Waals surface area contributed by atoms with Crippen molar-refractivity contribution < 1.29 is 14.1 Å². The summed E-state index contributed by atoms with van der Waals surface area (Å²) in [7, 11) is 0. The lowest BCUT2D eigenvalue weighted by Gasteiger charge is -2.17. The Hall–Kier alpha value is -1.89. The van der Waals surface area contributed by atoms with Crippen molar-refractivity contribution in [2.75, 3.05) is 26.2 Å². The van der Waals surface area contributed by atoms with E-state index in [1.165, 1.54) is 12.1 Å². The zero-order chi connectivity index (χ0) is 13.5. The van der Waals surface area contributed by atoms with Crippen molar-refractivity contribution >= 4 is 11.8 Å². The molecule has 1 N–H and O–H groups in total. The van der Waals surface area contributed by atoms with Crippen LogP contribution < -0.4 is 5.32 Å². The second-order valence-corrected chi connectivity index (χ2v) is 3.68. The standard InChI is InChI=1S/C11H17N3O4/c1-3-13(4-2)8-7-12-11(15)9-5-6-10(18-9)14(16)17/h5-6H,3-4,7-8H2,1-2H3,(H,12,15). The van der Waals surface area contributed by atoms with Gasteiger partial charge in [0.15, 0.2) is 5.76 Å². The number of amides is 1. The summed E-state index contributed by atoms with van der Waals surface area (Å²) < 4.78 is 4.79. The minimum Gasteiger partial charge on any atom is -0.395 e. The molecule has 1 rings (SSSR count). The fourth-order valence-corrected chi connectivity index (χ4v) is 1.50. The Balaban J connectivity index is 2.42. The third-order valence-corrected chi connectivity index (χ3v) is 2.60. The van der Waals surface area contributed by atoms with E-state index in [1.54, 1.807) is 0 Å². The lowest BCUT2D eigenvalue weighted by molar-refractivity contribution is -0.402. The second-order valence-electron chi connectivity index (χ2n) is 3.68. The molecule has 0 fully saturated rings. The molecular formula is C11H17N3O4. The fraction of sp³-hybridized carbons (Fsp3) is 0.545. The summed E-state index contributed by atoms with van der Waals surface area (Å²) in [6, 6.07) is 2.46. The first-order valence-electron chi connectivity index (χ1n) is 5.83. The maximum atomic E-state index is 11.6. The van der Waals surface area contributed by atoms with Gasteiger partial charge in [0.05, 0.1) is 6.07 Å². The highest BCUT2D eigenvalue weighted by molar-refractivity contribution is 5.91. The molecule has 1 aromatic rings. The zero-order valence-electron chi connectivity index (χ0n) is 10.5. The van der Waals surface area contributed by atoms with Crippen LogP contribution in [0.25, 0.3) is 0 Å². The topological polar surface area (TPSA) is 88.6 Å². The maximum absolute atomic E-state index is 11.6. The van der Waals surface area contributed by atoms with Gasteiger partial charge in [-0.3, -0.25) is 14.9 Å². The van der Waals surface area contributed by atoms with Crippen LogP contribution >= 0.6 is 0 Å². The van der Waals surface area contributed by atoms with E-state index < -0.39 is 16.7 Å². The minimum absolute atomic E-state index is 0.0405. The van der Waals surface area contributed by atoms with Gasteiger partial charge in [0.2, 0.25) is 0 Å². The van der Waals surface area contributed by atoms with Crippen molar-refractivity contribution in [3.05, 3.63) is 28.0 Å². The van der Waals surface area contributed by atoms with Gasteiger partial charge >= 0.3 is 5.88 Å². The highest BCUT2D eigenvalue weighted by atomic mass is 16.6. The molecule has 1 heterocycles. The van der Waals surface area contributed by atoms with Crippen LogP contribution in [0.1, 0.15) is 24.4 Å². The van der Waals surface area contributed by atoms with Crippen LogP contribution in [0.4, 0.5) is 5.88 Å². The number of hydrogen-bond acceptors (Lipinski definition) is 5. The lowest BCUT2D eigenvalue weighted by Crippen LogP contribution is -2.34. The predicted molar refractivity (Wildman–Crippen MR) is 65.5 cm³/mol. The van der Waals surface area contributed by atoms with Crippen LogP contribution in [0.15, 0.2) is 16.5 Å². The van der Waals surface area contributed by atoms with Crippen LogP contribution in [-0.2, 0) is 0 Å². The molecule has 0 unspecified atom stereocenters. The van der Waals surface area contributed by atoms with Crippen LogP contribution in [0.3, 0.4) is 0 Å². The third-order valence-electron chi connectivity index (χ3n) is 2.60. The van der Waals surface area contributed by atoms with E-state index in [9.17, 15) is 14.9 Å². The van der Waals surface area contributed by atoms with Crippen molar-refractivity contribution in [2.45, 2.75) is 13.8 Å². The Morgan fingerprint density at radius 2 is 2.11 bits per heavy atom. The molecule has 7 heteroatoms.